The van der Waals surface area contributed by atoms with Crippen LogP contribution in [0.4, 0.5) is 5.69 Å². The van der Waals surface area contributed by atoms with Crippen LogP contribution in [0.25, 0.3) is 32.2 Å². The number of aromatic amines is 1. The molecule has 1 aliphatic heterocycles. The number of rotatable bonds is 8. The molecular weight excluding hydrogens is 541 g/mol. The van der Waals surface area contributed by atoms with Crippen molar-refractivity contribution < 1.29 is 9.59 Å². The number of aromatic nitrogens is 2. The molecule has 4 N–H and O–H groups in total. The maximum Gasteiger partial charge on any atom is 0.258 e. The van der Waals surface area contributed by atoms with Gasteiger partial charge in [-0.2, -0.15) is 0 Å². The minimum absolute atomic E-state index is 0.0453. The lowest BCUT2D eigenvalue weighted by Crippen LogP contribution is -2.33. The summed E-state index contributed by atoms with van der Waals surface area (Å²) in [5.74, 6) is 0.0814. The van der Waals surface area contributed by atoms with Gasteiger partial charge < -0.3 is 20.9 Å². The van der Waals surface area contributed by atoms with Gasteiger partial charge in [-0.25, -0.2) is 4.98 Å². The zero-order valence-corrected chi connectivity index (χ0v) is 23.7. The summed E-state index contributed by atoms with van der Waals surface area (Å²) in [6.45, 7) is 11.6. The number of benzene rings is 2. The van der Waals surface area contributed by atoms with E-state index in [2.05, 4.69) is 36.1 Å². The van der Waals surface area contributed by atoms with Gasteiger partial charge in [0, 0.05) is 33.8 Å². The van der Waals surface area contributed by atoms with Gasteiger partial charge in [0.15, 0.2) is 0 Å². The second kappa shape index (κ2) is 12.2. The molecule has 0 fully saturated rings. The van der Waals surface area contributed by atoms with E-state index in [9.17, 15) is 9.59 Å². The molecule has 42 heavy (non-hydrogen) atoms. The second-order valence-electron chi connectivity index (χ2n) is 9.47. The highest BCUT2D eigenvalue weighted by molar-refractivity contribution is 7.19. The number of amides is 2. The van der Waals surface area contributed by atoms with Gasteiger partial charge in [0.25, 0.3) is 11.8 Å². The Bertz CT molecular complexity index is 1800. The number of hydrogen-bond donors (Lipinski definition) is 3. The zero-order chi connectivity index (χ0) is 29.8. The third-order valence-corrected chi connectivity index (χ3v) is 8.09. The van der Waals surface area contributed by atoms with Crippen LogP contribution in [0.15, 0.2) is 127 Å². The van der Waals surface area contributed by atoms with E-state index in [0.29, 0.717) is 24.2 Å². The number of hydrogen-bond acceptors (Lipinski definition) is 5. The molecule has 0 bridgehead atoms. The van der Waals surface area contributed by atoms with Crippen molar-refractivity contribution >= 4 is 47.7 Å². The molecule has 2 aromatic carbocycles. The third-order valence-electron chi connectivity index (χ3n) is 6.87. The number of para-hydroxylation sites is 3. The van der Waals surface area contributed by atoms with E-state index in [1.165, 1.54) is 18.2 Å². The quantitative estimate of drug-likeness (QED) is 0.145. The van der Waals surface area contributed by atoms with Crippen molar-refractivity contribution in [3.8, 4) is 21.1 Å². The highest BCUT2D eigenvalue weighted by Gasteiger charge is 2.27. The zero-order valence-electron chi connectivity index (χ0n) is 22.9. The number of nitrogens with one attached hydrogen (secondary N) is 2. The normalized spacial score (nSPS) is 13.9. The van der Waals surface area contributed by atoms with Gasteiger partial charge in [0.1, 0.15) is 13.7 Å². The molecule has 206 valence electrons. The molecule has 0 spiro atoms. The summed E-state index contributed by atoms with van der Waals surface area (Å²) in [6, 6.07) is 18.0. The number of thiophene rings is 1. The Morgan fingerprint density at radius 1 is 1.05 bits per heavy atom. The topological polar surface area (TPSA) is 104 Å². The number of imidazole rings is 1. The summed E-state index contributed by atoms with van der Waals surface area (Å²) < 4.78 is 0. The van der Waals surface area contributed by atoms with Gasteiger partial charge in [0.2, 0.25) is 0 Å². The Morgan fingerprint density at radius 2 is 1.81 bits per heavy atom. The number of H-pyrrole nitrogens is 1. The lowest BCUT2D eigenvalue weighted by molar-refractivity contribution is -0.116. The summed E-state index contributed by atoms with van der Waals surface area (Å²) in [6.07, 6.45) is 8.06. The minimum atomic E-state index is -0.536. The monoisotopic (exact) mass is 569 g/mol. The van der Waals surface area contributed by atoms with E-state index < -0.39 is 5.91 Å². The minimum Gasteiger partial charge on any atom is -0.410 e. The van der Waals surface area contributed by atoms with Crippen molar-refractivity contribution in [3.63, 3.8) is 0 Å². The van der Waals surface area contributed by atoms with Crippen LogP contribution in [-0.4, -0.2) is 36.2 Å². The van der Waals surface area contributed by atoms with Crippen molar-refractivity contribution in [2.75, 3.05) is 11.4 Å². The molecular formula is C33H28BN5O2S. The van der Waals surface area contributed by atoms with Gasteiger partial charge in [-0.3, -0.25) is 9.59 Å². The molecule has 0 atom stereocenters. The van der Waals surface area contributed by atoms with Crippen LogP contribution in [0.2, 0.25) is 0 Å². The van der Waals surface area contributed by atoms with E-state index in [-0.39, 0.29) is 17.1 Å². The molecule has 9 heteroatoms. The van der Waals surface area contributed by atoms with E-state index in [4.69, 9.17) is 18.6 Å². The fourth-order valence-corrected chi connectivity index (χ4v) is 5.95. The first kappa shape index (κ1) is 28.4. The number of allylic oxidation sites excluding steroid dienone is 3. The predicted octanol–water partition coefficient (Wildman–Crippen LogP) is 5.67. The van der Waals surface area contributed by atoms with Gasteiger partial charge >= 0.3 is 0 Å². The van der Waals surface area contributed by atoms with Crippen molar-refractivity contribution in [2.24, 2.45) is 5.73 Å². The van der Waals surface area contributed by atoms with Gasteiger partial charge in [-0.15, -0.1) is 11.3 Å². The number of fused-ring (bicyclic) bond motifs is 4. The first-order valence-electron chi connectivity index (χ1n) is 13.2. The molecule has 0 saturated carbocycles. The molecule has 2 radical (unpaired) electrons. The number of carbonyl (C=O) groups is 2. The third kappa shape index (κ3) is 5.55. The summed E-state index contributed by atoms with van der Waals surface area (Å²) in [5, 5.41) is 2.66. The van der Waals surface area contributed by atoms with Crippen molar-refractivity contribution in [2.45, 2.75) is 6.42 Å². The summed E-state index contributed by atoms with van der Waals surface area (Å²) >= 11 is 1.66. The fourth-order valence-electron chi connectivity index (χ4n) is 4.76. The first-order valence-corrected chi connectivity index (χ1v) is 14.0. The summed E-state index contributed by atoms with van der Waals surface area (Å²) in [4.78, 5) is 38.5. The molecule has 7 nitrogen and oxygen atoms in total. The second-order valence-corrected chi connectivity index (χ2v) is 10.5. The standard InChI is InChI=1S/C33H28BN5O2S/c1-4-20(15-16-22(5-2)36-32(40)23(6-3)30(34)35)33(41)39-18-17-21-19-28(31-37-25-12-8-9-13-26(25)38-31)42-29(21)24-11-7-10-14-27(24)39/h4-16,19H,1-3,17-18,35H2,(H,36,40)(H,37,38)/b20-15+,22-16+,30-23+. The Kier molecular flexibility index (Phi) is 8.22. The molecule has 0 unspecified atom stereocenters. The Morgan fingerprint density at radius 3 is 2.52 bits per heavy atom. The van der Waals surface area contributed by atoms with E-state index >= 15 is 0 Å². The Labute approximate surface area is 249 Å². The highest BCUT2D eigenvalue weighted by Crippen LogP contribution is 2.44. The Balaban J connectivity index is 1.45. The van der Waals surface area contributed by atoms with Crippen LogP contribution in [0.1, 0.15) is 5.56 Å². The molecule has 0 saturated heterocycles. The molecule has 2 aromatic heterocycles. The maximum atomic E-state index is 13.9. The molecule has 1 aliphatic rings. The SMILES string of the molecule is [B]/C(N)=C(/C=C)C(=O)N/C(C=C)=C/C=C(\C=C)C(=O)N1CCc2cc(-c3nc4ccccc4[nH]3)sc2-c2ccccc21. The van der Waals surface area contributed by atoms with Gasteiger partial charge in [-0.1, -0.05) is 62.2 Å². The first-order chi connectivity index (χ1) is 20.3. The summed E-state index contributed by atoms with van der Waals surface area (Å²) in [5.41, 5.74) is 11.0. The number of anilines is 1. The average Bonchev–Trinajstić information content (AvgIpc) is 3.58. The van der Waals surface area contributed by atoms with Crippen LogP contribution in [0.5, 0.6) is 0 Å². The number of carbonyl (C=O) groups excluding carboxylic acids is 2. The molecule has 4 aromatic rings. The van der Waals surface area contributed by atoms with Crippen molar-refractivity contribution in [1.29, 1.82) is 0 Å². The largest absolute Gasteiger partial charge is 0.410 e. The highest BCUT2D eigenvalue weighted by atomic mass is 32.1. The smallest absolute Gasteiger partial charge is 0.258 e. The lowest BCUT2D eigenvalue weighted by Gasteiger charge is -2.23. The van der Waals surface area contributed by atoms with Crippen LogP contribution < -0.4 is 16.0 Å². The van der Waals surface area contributed by atoms with E-state index in [0.717, 1.165) is 43.4 Å². The molecule has 2 amide bonds. The van der Waals surface area contributed by atoms with Gasteiger partial charge in [0.05, 0.1) is 21.6 Å². The van der Waals surface area contributed by atoms with E-state index in [1.807, 2.05) is 48.5 Å². The van der Waals surface area contributed by atoms with E-state index in [1.54, 1.807) is 28.4 Å². The van der Waals surface area contributed by atoms with Crippen molar-refractivity contribution in [1.82, 2.24) is 15.3 Å². The molecule has 3 heterocycles. The van der Waals surface area contributed by atoms with Crippen LogP contribution in [-0.2, 0) is 16.0 Å². The lowest BCUT2D eigenvalue weighted by atomic mass is 9.98. The summed E-state index contributed by atoms with van der Waals surface area (Å²) in [7, 11) is 5.56. The molecule has 0 aliphatic carbocycles. The van der Waals surface area contributed by atoms with Crippen molar-refractivity contribution in [3.05, 3.63) is 133 Å². The average molecular weight is 569 g/mol. The fraction of sp³-hybridized carbons (Fsp3) is 0.0606. The van der Waals surface area contributed by atoms with Gasteiger partial charge in [-0.05, 0) is 60.1 Å². The maximum absolute atomic E-state index is 13.9. The van der Waals surface area contributed by atoms with Crippen LogP contribution in [0.3, 0.4) is 0 Å². The molecule has 5 rings (SSSR count). The number of nitrogens with zero attached hydrogens (tertiary/aromatic N) is 2. The Hall–Kier alpha value is -5.15. The number of nitrogens with two attached hydrogens (primary N) is 1. The van der Waals surface area contributed by atoms with Crippen LogP contribution in [0, 0.1) is 0 Å². The predicted molar refractivity (Wildman–Crippen MR) is 173 cm³/mol. The van der Waals surface area contributed by atoms with Crippen LogP contribution >= 0.6 is 11.3 Å².